The number of nitrogens with one attached hydrogen (secondary N) is 1. The zero-order valence-electron chi connectivity index (χ0n) is 10.6. The topological polar surface area (TPSA) is 50.9 Å². The third-order valence-electron chi connectivity index (χ3n) is 3.03. The summed E-state index contributed by atoms with van der Waals surface area (Å²) in [5.74, 6) is 5.45. The van der Waals surface area contributed by atoms with Crippen LogP contribution >= 0.6 is 0 Å². The number of hydrogen-bond acceptors (Lipinski definition) is 3. The minimum absolute atomic E-state index is 0.137. The number of rotatable bonds is 4. The molecule has 106 valence electrons. The Morgan fingerprint density at radius 2 is 1.90 bits per heavy atom. The molecule has 0 fully saturated rings. The Kier molecular flexibility index (Phi) is 4.36. The number of nitrogens with two attached hydrogens (primary N) is 1. The van der Waals surface area contributed by atoms with Gasteiger partial charge in [0, 0.05) is 12.4 Å². The van der Waals surface area contributed by atoms with Crippen molar-refractivity contribution in [2.75, 3.05) is 0 Å². The summed E-state index contributed by atoms with van der Waals surface area (Å²) in [5.41, 5.74) is 2.85. The van der Waals surface area contributed by atoms with Crippen molar-refractivity contribution < 1.29 is 13.2 Å². The van der Waals surface area contributed by atoms with Crippen LogP contribution in [0.25, 0.3) is 0 Å². The van der Waals surface area contributed by atoms with E-state index >= 15 is 0 Å². The molecule has 0 radical (unpaired) electrons. The molecule has 0 aliphatic rings. The van der Waals surface area contributed by atoms with E-state index in [2.05, 4.69) is 10.4 Å². The van der Waals surface area contributed by atoms with Crippen LogP contribution in [0.3, 0.4) is 0 Å². The monoisotopic (exact) mass is 281 g/mol. The molecule has 0 amide bonds. The van der Waals surface area contributed by atoms with Crippen molar-refractivity contribution in [3.63, 3.8) is 0 Å². The van der Waals surface area contributed by atoms with Crippen molar-refractivity contribution in [1.82, 2.24) is 10.4 Å². The van der Waals surface area contributed by atoms with E-state index in [0.29, 0.717) is 0 Å². The number of alkyl halides is 3. The normalized spacial score (nSPS) is 13.2. The highest BCUT2D eigenvalue weighted by Gasteiger charge is 2.33. The maximum Gasteiger partial charge on any atom is 0.416 e. The average Bonchev–Trinajstić information content (AvgIpc) is 2.45. The molecule has 1 aromatic carbocycles. The van der Waals surface area contributed by atoms with Crippen molar-refractivity contribution in [3.8, 4) is 0 Å². The second kappa shape index (κ2) is 6.02. The second-order valence-corrected chi connectivity index (χ2v) is 4.36. The van der Waals surface area contributed by atoms with Crippen molar-refractivity contribution in [1.29, 1.82) is 0 Å². The van der Waals surface area contributed by atoms with Crippen LogP contribution in [0.15, 0.2) is 48.8 Å². The fourth-order valence-corrected chi connectivity index (χ4v) is 2.05. The molecule has 0 saturated carbocycles. The van der Waals surface area contributed by atoms with E-state index in [-0.39, 0.29) is 12.0 Å². The van der Waals surface area contributed by atoms with E-state index in [1.54, 1.807) is 30.6 Å². The molecular formula is C14H14F3N3. The molecule has 0 aliphatic carbocycles. The number of nitrogens with zero attached hydrogens (tertiary/aromatic N) is 1. The zero-order chi connectivity index (χ0) is 14.6. The lowest BCUT2D eigenvalue weighted by Crippen LogP contribution is -2.30. The van der Waals surface area contributed by atoms with Gasteiger partial charge in [0.1, 0.15) is 0 Å². The summed E-state index contributed by atoms with van der Waals surface area (Å²) in [4.78, 5) is 3.95. The minimum atomic E-state index is -4.37. The van der Waals surface area contributed by atoms with Crippen LogP contribution in [0.2, 0.25) is 0 Å². The molecule has 6 heteroatoms. The first-order valence-corrected chi connectivity index (χ1v) is 6.03. The molecule has 1 aromatic heterocycles. The van der Waals surface area contributed by atoms with Gasteiger partial charge in [0.25, 0.3) is 0 Å². The van der Waals surface area contributed by atoms with Crippen molar-refractivity contribution in [3.05, 3.63) is 65.5 Å². The predicted molar refractivity (Wildman–Crippen MR) is 69.4 cm³/mol. The highest BCUT2D eigenvalue weighted by molar-refractivity contribution is 5.31. The summed E-state index contributed by atoms with van der Waals surface area (Å²) in [5, 5.41) is 0. The second-order valence-electron chi connectivity index (χ2n) is 4.36. The molecule has 0 saturated heterocycles. The molecule has 3 N–H and O–H groups in total. The van der Waals surface area contributed by atoms with E-state index in [9.17, 15) is 13.2 Å². The van der Waals surface area contributed by atoms with Gasteiger partial charge in [-0.05, 0) is 29.7 Å². The van der Waals surface area contributed by atoms with Gasteiger partial charge in [0.05, 0.1) is 11.6 Å². The number of hydrazine groups is 1. The third kappa shape index (κ3) is 3.34. The molecule has 2 aromatic rings. The van der Waals surface area contributed by atoms with Crippen molar-refractivity contribution in [2.24, 2.45) is 5.84 Å². The van der Waals surface area contributed by atoms with Gasteiger partial charge in [-0.25, -0.2) is 0 Å². The van der Waals surface area contributed by atoms with Crippen LogP contribution in [0, 0.1) is 0 Å². The lowest BCUT2D eigenvalue weighted by Gasteiger charge is -2.19. The number of hydrogen-bond donors (Lipinski definition) is 2. The molecule has 1 heterocycles. The average molecular weight is 281 g/mol. The Morgan fingerprint density at radius 1 is 1.15 bits per heavy atom. The van der Waals surface area contributed by atoms with Gasteiger partial charge in [-0.15, -0.1) is 0 Å². The number of aromatic nitrogens is 1. The van der Waals surface area contributed by atoms with Crippen LogP contribution in [0.1, 0.15) is 22.7 Å². The molecule has 0 bridgehead atoms. The van der Waals surface area contributed by atoms with Gasteiger partial charge < -0.3 is 0 Å². The first kappa shape index (κ1) is 14.5. The van der Waals surface area contributed by atoms with Gasteiger partial charge in [-0.1, -0.05) is 24.3 Å². The maximum atomic E-state index is 12.9. The lowest BCUT2D eigenvalue weighted by molar-refractivity contribution is -0.138. The zero-order valence-corrected chi connectivity index (χ0v) is 10.6. The van der Waals surface area contributed by atoms with E-state index in [4.69, 9.17) is 5.84 Å². The molecule has 2 rings (SSSR count). The predicted octanol–water partition coefficient (Wildman–Crippen LogP) is 2.85. The molecule has 20 heavy (non-hydrogen) atoms. The number of pyridine rings is 1. The van der Waals surface area contributed by atoms with E-state index in [1.807, 2.05) is 0 Å². The minimum Gasteiger partial charge on any atom is -0.271 e. The first-order chi connectivity index (χ1) is 9.52. The fourth-order valence-electron chi connectivity index (χ4n) is 2.05. The summed E-state index contributed by atoms with van der Waals surface area (Å²) in [6.07, 6.45) is -1.05. The molecule has 0 spiro atoms. The summed E-state index contributed by atoms with van der Waals surface area (Å²) >= 11 is 0. The summed E-state index contributed by atoms with van der Waals surface area (Å²) < 4.78 is 38.8. The smallest absolute Gasteiger partial charge is 0.271 e. The van der Waals surface area contributed by atoms with Gasteiger partial charge in [0.2, 0.25) is 0 Å². The molecule has 1 atom stereocenters. The highest BCUT2D eigenvalue weighted by atomic mass is 19.4. The molecule has 0 aliphatic heterocycles. The van der Waals surface area contributed by atoms with Gasteiger partial charge in [-0.3, -0.25) is 16.3 Å². The van der Waals surface area contributed by atoms with Crippen LogP contribution in [0.5, 0.6) is 0 Å². The summed E-state index contributed by atoms with van der Waals surface area (Å²) in [6.45, 7) is 0. The standard InChI is InChI=1S/C14H14F3N3/c15-14(16,17)12-6-2-1-4-10(12)8-13(20-18)11-5-3-7-19-9-11/h1-7,9,13,20H,8,18H2. The van der Waals surface area contributed by atoms with Crippen LogP contribution in [-0.4, -0.2) is 4.98 Å². The maximum absolute atomic E-state index is 12.9. The Hall–Kier alpha value is -1.92. The number of benzene rings is 1. The van der Waals surface area contributed by atoms with Gasteiger partial charge >= 0.3 is 6.18 Å². The Morgan fingerprint density at radius 3 is 2.50 bits per heavy atom. The summed E-state index contributed by atoms with van der Waals surface area (Å²) in [7, 11) is 0. The van der Waals surface area contributed by atoms with Crippen LogP contribution < -0.4 is 11.3 Å². The molecule has 1 unspecified atom stereocenters. The fraction of sp³-hybridized carbons (Fsp3) is 0.214. The van der Waals surface area contributed by atoms with E-state index < -0.39 is 17.8 Å². The Labute approximate surface area is 114 Å². The van der Waals surface area contributed by atoms with Gasteiger partial charge in [0.15, 0.2) is 0 Å². The van der Waals surface area contributed by atoms with E-state index in [0.717, 1.165) is 11.6 Å². The van der Waals surface area contributed by atoms with Gasteiger partial charge in [-0.2, -0.15) is 13.2 Å². The third-order valence-corrected chi connectivity index (χ3v) is 3.03. The Balaban J connectivity index is 2.29. The largest absolute Gasteiger partial charge is 0.416 e. The SMILES string of the molecule is NNC(Cc1ccccc1C(F)(F)F)c1cccnc1. The van der Waals surface area contributed by atoms with Crippen molar-refractivity contribution in [2.45, 2.75) is 18.6 Å². The van der Waals surface area contributed by atoms with Crippen LogP contribution in [0.4, 0.5) is 13.2 Å². The first-order valence-electron chi connectivity index (χ1n) is 6.03. The molecule has 3 nitrogen and oxygen atoms in total. The Bertz CT molecular complexity index is 555. The number of halogens is 3. The highest BCUT2D eigenvalue weighted by Crippen LogP contribution is 2.33. The van der Waals surface area contributed by atoms with Crippen LogP contribution in [-0.2, 0) is 12.6 Å². The molecular weight excluding hydrogens is 267 g/mol. The summed E-state index contributed by atoms with van der Waals surface area (Å²) in [6, 6.07) is 8.56. The van der Waals surface area contributed by atoms with Crippen molar-refractivity contribution >= 4 is 0 Å². The van der Waals surface area contributed by atoms with E-state index in [1.165, 1.54) is 12.1 Å². The quantitative estimate of drug-likeness (QED) is 0.669. The lowest BCUT2D eigenvalue weighted by atomic mass is 9.96.